The monoisotopic (exact) mass is 585 g/mol. The van der Waals surface area contributed by atoms with Crippen LogP contribution in [0.25, 0.3) is 10.2 Å². The lowest BCUT2D eigenvalue weighted by atomic mass is 9.73. The topological polar surface area (TPSA) is 54.3 Å². The van der Waals surface area contributed by atoms with Crippen LogP contribution >= 0.6 is 11.3 Å². The van der Waals surface area contributed by atoms with Crippen LogP contribution in [0.5, 0.6) is 0 Å². The van der Waals surface area contributed by atoms with Crippen LogP contribution in [0.4, 0.5) is 26.3 Å². The standard InChI is InChI=1S/C28H29F6N3O2S/c1-36-22-5-4-18(12-23(22)40-25(36)39)16-37-8-6-26(7-9-37,14-17-2-3-17)24(38)35-15-19-10-20(27(29,30)31)13-21(11-19)28(32,33)34/h4-5,10-13,17H,2-3,6-9,14-16H2,1H3,(H,35,38). The maximum absolute atomic E-state index is 13.5. The Kier molecular flexibility index (Phi) is 7.54. The number of piperidine rings is 1. The number of amides is 1. The highest BCUT2D eigenvalue weighted by Crippen LogP contribution is 2.46. The smallest absolute Gasteiger partial charge is 0.352 e. The van der Waals surface area contributed by atoms with E-state index in [1.807, 2.05) is 18.2 Å². The number of alkyl halides is 6. The van der Waals surface area contributed by atoms with E-state index in [0.717, 1.165) is 28.6 Å². The highest BCUT2D eigenvalue weighted by Gasteiger charge is 2.45. The molecule has 1 saturated carbocycles. The van der Waals surface area contributed by atoms with E-state index in [-0.39, 0.29) is 22.4 Å². The van der Waals surface area contributed by atoms with Crippen molar-refractivity contribution in [2.75, 3.05) is 13.1 Å². The number of halogens is 6. The minimum absolute atomic E-state index is 0.0271. The number of carbonyl (C=O) groups excluding carboxylic acids is 1. The number of hydrogen-bond donors (Lipinski definition) is 1. The quantitative estimate of drug-likeness (QED) is 0.330. The van der Waals surface area contributed by atoms with Gasteiger partial charge in [-0.1, -0.05) is 30.2 Å². The van der Waals surface area contributed by atoms with Gasteiger partial charge in [0.15, 0.2) is 0 Å². The third-order valence-electron chi connectivity index (χ3n) is 8.03. The number of nitrogens with one attached hydrogen (secondary N) is 1. The van der Waals surface area contributed by atoms with E-state index in [1.165, 1.54) is 11.3 Å². The number of aromatic nitrogens is 1. The van der Waals surface area contributed by atoms with Gasteiger partial charge in [0.2, 0.25) is 5.91 Å². The zero-order valence-electron chi connectivity index (χ0n) is 21.8. The van der Waals surface area contributed by atoms with E-state index in [0.29, 0.717) is 56.9 Å². The molecule has 1 N–H and O–H groups in total. The Morgan fingerprint density at radius 3 is 2.17 bits per heavy atom. The summed E-state index contributed by atoms with van der Waals surface area (Å²) in [6, 6.07) is 7.32. The second-order valence-electron chi connectivity index (χ2n) is 11.0. The molecule has 1 amide bonds. The van der Waals surface area contributed by atoms with Crippen LogP contribution in [0.1, 0.15) is 54.4 Å². The van der Waals surface area contributed by atoms with Crippen LogP contribution in [0.2, 0.25) is 0 Å². The van der Waals surface area contributed by atoms with Gasteiger partial charge in [-0.15, -0.1) is 0 Å². The number of thiazole rings is 1. The van der Waals surface area contributed by atoms with Crippen LogP contribution in [0.15, 0.2) is 41.2 Å². The fourth-order valence-electron chi connectivity index (χ4n) is 5.56. The van der Waals surface area contributed by atoms with Gasteiger partial charge >= 0.3 is 17.2 Å². The summed E-state index contributed by atoms with van der Waals surface area (Å²) in [6.45, 7) is 1.50. The summed E-state index contributed by atoms with van der Waals surface area (Å²) in [7, 11) is 1.73. The number of likely N-dealkylation sites (tertiary alicyclic amines) is 1. The summed E-state index contributed by atoms with van der Waals surface area (Å²) < 4.78 is 82.0. The third kappa shape index (κ3) is 6.22. The van der Waals surface area contributed by atoms with E-state index >= 15 is 0 Å². The van der Waals surface area contributed by atoms with Crippen LogP contribution in [0.3, 0.4) is 0 Å². The van der Waals surface area contributed by atoms with Crippen LogP contribution < -0.4 is 10.2 Å². The van der Waals surface area contributed by atoms with Gasteiger partial charge in [-0.05, 0) is 79.7 Å². The number of aryl methyl sites for hydroxylation is 1. The Balaban J connectivity index is 1.27. The number of rotatable bonds is 7. The summed E-state index contributed by atoms with van der Waals surface area (Å²) in [5.41, 5.74) is -1.82. The highest BCUT2D eigenvalue weighted by atomic mass is 32.1. The number of hydrogen-bond acceptors (Lipinski definition) is 4. The van der Waals surface area contributed by atoms with Crippen molar-refractivity contribution in [2.24, 2.45) is 18.4 Å². The minimum Gasteiger partial charge on any atom is -0.352 e. The first-order chi connectivity index (χ1) is 18.7. The maximum atomic E-state index is 13.5. The fourth-order valence-corrected chi connectivity index (χ4v) is 6.51. The third-order valence-corrected chi connectivity index (χ3v) is 9.03. The fraction of sp³-hybridized carbons (Fsp3) is 0.500. The number of fused-ring (bicyclic) bond motifs is 1. The summed E-state index contributed by atoms with van der Waals surface area (Å²) in [6.07, 6.45) is -6.10. The average Bonchev–Trinajstić information content (AvgIpc) is 3.66. The van der Waals surface area contributed by atoms with Crippen molar-refractivity contribution in [3.8, 4) is 0 Å². The van der Waals surface area contributed by atoms with Crippen LogP contribution in [0, 0.1) is 11.3 Å². The molecular formula is C28H29F6N3O2S. The van der Waals surface area contributed by atoms with Gasteiger partial charge in [-0.3, -0.25) is 14.5 Å². The number of benzene rings is 2. The summed E-state index contributed by atoms with van der Waals surface area (Å²) >= 11 is 1.19. The number of nitrogens with zero attached hydrogens (tertiary/aromatic N) is 2. The van der Waals surface area contributed by atoms with E-state index in [1.54, 1.807) is 11.6 Å². The highest BCUT2D eigenvalue weighted by molar-refractivity contribution is 7.16. The lowest BCUT2D eigenvalue weighted by molar-refractivity contribution is -0.143. The van der Waals surface area contributed by atoms with E-state index in [2.05, 4.69) is 10.2 Å². The Morgan fingerprint density at radius 2 is 1.60 bits per heavy atom. The largest absolute Gasteiger partial charge is 0.416 e. The van der Waals surface area contributed by atoms with Gasteiger partial charge < -0.3 is 9.88 Å². The molecule has 216 valence electrons. The maximum Gasteiger partial charge on any atom is 0.416 e. The molecule has 40 heavy (non-hydrogen) atoms. The van der Waals surface area contributed by atoms with Crippen molar-refractivity contribution in [3.05, 3.63) is 68.3 Å². The van der Waals surface area contributed by atoms with Gasteiger partial charge in [0.1, 0.15) is 0 Å². The molecule has 2 aliphatic rings. The Labute approximate surface area is 230 Å². The van der Waals surface area contributed by atoms with Crippen molar-refractivity contribution < 1.29 is 31.1 Å². The van der Waals surface area contributed by atoms with Gasteiger partial charge in [0, 0.05) is 20.1 Å². The predicted octanol–water partition coefficient (Wildman–Crippen LogP) is 6.34. The van der Waals surface area contributed by atoms with Gasteiger partial charge in [0.05, 0.1) is 26.8 Å². The first kappa shape index (κ1) is 28.7. The van der Waals surface area contributed by atoms with Gasteiger partial charge in [-0.2, -0.15) is 26.3 Å². The minimum atomic E-state index is -4.94. The zero-order valence-corrected chi connectivity index (χ0v) is 22.6. The molecule has 5 rings (SSSR count). The van der Waals surface area contributed by atoms with Gasteiger partial charge in [0.25, 0.3) is 0 Å². The molecular weight excluding hydrogens is 556 g/mol. The van der Waals surface area contributed by atoms with Crippen LogP contribution in [-0.4, -0.2) is 28.5 Å². The van der Waals surface area contributed by atoms with Crippen LogP contribution in [-0.2, 0) is 37.3 Å². The van der Waals surface area contributed by atoms with Crippen molar-refractivity contribution in [2.45, 2.75) is 57.5 Å². The predicted molar refractivity (Wildman–Crippen MR) is 140 cm³/mol. The molecule has 2 heterocycles. The summed E-state index contributed by atoms with van der Waals surface area (Å²) in [5, 5.41) is 2.67. The molecule has 0 spiro atoms. The Hall–Kier alpha value is -2.86. The van der Waals surface area contributed by atoms with Crippen molar-refractivity contribution in [1.82, 2.24) is 14.8 Å². The average molecular weight is 586 g/mol. The lowest BCUT2D eigenvalue weighted by Gasteiger charge is -2.41. The number of carbonyl (C=O) groups is 1. The van der Waals surface area contributed by atoms with E-state index in [9.17, 15) is 35.9 Å². The Bertz CT molecular complexity index is 1430. The van der Waals surface area contributed by atoms with Gasteiger partial charge in [-0.25, -0.2) is 0 Å². The SMILES string of the molecule is Cn1c(=O)sc2cc(CN3CCC(CC4CC4)(C(=O)NCc4cc(C(F)(F)F)cc(C(F)(F)F)c4)CC3)ccc21. The lowest BCUT2D eigenvalue weighted by Crippen LogP contribution is -2.48. The molecule has 0 bridgehead atoms. The second-order valence-corrected chi connectivity index (χ2v) is 12.0. The van der Waals surface area contributed by atoms with Crippen molar-refractivity contribution >= 4 is 27.5 Å². The molecule has 1 aliphatic heterocycles. The van der Waals surface area contributed by atoms with E-state index in [4.69, 9.17) is 0 Å². The summed E-state index contributed by atoms with van der Waals surface area (Å²) in [4.78, 5) is 27.6. The molecule has 0 unspecified atom stereocenters. The zero-order chi connectivity index (χ0) is 28.9. The molecule has 3 aromatic rings. The molecule has 0 atom stereocenters. The second kappa shape index (κ2) is 10.5. The molecule has 1 aliphatic carbocycles. The first-order valence-electron chi connectivity index (χ1n) is 13.1. The summed E-state index contributed by atoms with van der Waals surface area (Å²) in [5.74, 6) is 0.0893. The molecule has 2 aromatic carbocycles. The molecule has 1 aromatic heterocycles. The first-order valence-corrected chi connectivity index (χ1v) is 13.9. The van der Waals surface area contributed by atoms with Crippen molar-refractivity contribution in [1.29, 1.82) is 0 Å². The van der Waals surface area contributed by atoms with Crippen molar-refractivity contribution in [3.63, 3.8) is 0 Å². The molecule has 5 nitrogen and oxygen atoms in total. The molecule has 1 saturated heterocycles. The Morgan fingerprint density at radius 1 is 0.975 bits per heavy atom. The molecule has 2 fully saturated rings. The van der Waals surface area contributed by atoms with E-state index < -0.39 is 35.4 Å². The molecule has 0 radical (unpaired) electrons. The molecule has 12 heteroatoms. The normalized spacial score (nSPS) is 18.3.